The fraction of sp³-hybridized carbons (Fsp3) is 0.281. The van der Waals surface area contributed by atoms with Crippen molar-refractivity contribution in [3.63, 3.8) is 0 Å². The number of rotatable bonds is 9. The van der Waals surface area contributed by atoms with Gasteiger partial charge in [0.05, 0.1) is 19.2 Å². The molecule has 0 bridgehead atoms. The lowest BCUT2D eigenvalue weighted by molar-refractivity contribution is -0.136. The van der Waals surface area contributed by atoms with E-state index in [-0.39, 0.29) is 18.0 Å². The molecule has 2 heterocycles. The number of nitrogens with one attached hydrogen (secondary N) is 3. The second-order valence-corrected chi connectivity index (χ2v) is 10.7. The monoisotopic (exact) mass is 606 g/mol. The molecule has 1 aromatic heterocycles. The Morgan fingerprint density at radius 2 is 1.81 bits per heavy atom. The fourth-order valence-electron chi connectivity index (χ4n) is 4.79. The van der Waals surface area contributed by atoms with Gasteiger partial charge in [-0.15, -0.1) is 0 Å². The Kier molecular flexibility index (Phi) is 9.58. The van der Waals surface area contributed by atoms with Gasteiger partial charge in [-0.1, -0.05) is 23.7 Å². The molecule has 43 heavy (non-hydrogen) atoms. The van der Waals surface area contributed by atoms with Gasteiger partial charge >= 0.3 is 11.8 Å². The van der Waals surface area contributed by atoms with Crippen molar-refractivity contribution in [2.45, 2.75) is 26.3 Å². The maximum Gasteiger partial charge on any atom is 0.313 e. The van der Waals surface area contributed by atoms with E-state index in [0.717, 1.165) is 43.1 Å². The number of nitrogens with zero attached hydrogens (tertiary/aromatic N) is 1. The topological polar surface area (TPSA) is 111 Å². The third-order valence-corrected chi connectivity index (χ3v) is 7.64. The lowest BCUT2D eigenvalue weighted by Crippen LogP contribution is -2.35. The van der Waals surface area contributed by atoms with Gasteiger partial charge in [0.2, 0.25) is 0 Å². The zero-order valence-electron chi connectivity index (χ0n) is 23.8. The number of halogens is 2. The average molecular weight is 607 g/mol. The van der Waals surface area contributed by atoms with Crippen LogP contribution in [0.3, 0.4) is 0 Å². The molecule has 0 unspecified atom stereocenters. The number of fused-ring (bicyclic) bond motifs is 1. The van der Waals surface area contributed by atoms with Gasteiger partial charge in [-0.2, -0.15) is 0 Å². The number of ether oxygens (including phenoxy) is 3. The number of carbonyl (C=O) groups is 2. The Balaban J connectivity index is 1.24. The maximum atomic E-state index is 15.1. The van der Waals surface area contributed by atoms with Crippen LogP contribution in [0.1, 0.15) is 24.0 Å². The molecule has 5 rings (SSSR count). The van der Waals surface area contributed by atoms with Crippen molar-refractivity contribution in [2.75, 3.05) is 32.1 Å². The Hall–Kier alpha value is -4.41. The Morgan fingerprint density at radius 1 is 1.00 bits per heavy atom. The molecule has 11 heteroatoms. The number of amides is 2. The van der Waals surface area contributed by atoms with Crippen molar-refractivity contribution >= 4 is 40.0 Å². The van der Waals surface area contributed by atoms with Crippen LogP contribution in [0.5, 0.6) is 23.0 Å². The summed E-state index contributed by atoms with van der Waals surface area (Å²) in [5.74, 6) is -0.659. The van der Waals surface area contributed by atoms with Gasteiger partial charge in [-0.05, 0) is 80.2 Å². The van der Waals surface area contributed by atoms with E-state index in [1.165, 1.54) is 12.1 Å². The van der Waals surface area contributed by atoms with Crippen LogP contribution in [-0.2, 0) is 16.1 Å². The first kappa shape index (κ1) is 30.1. The van der Waals surface area contributed by atoms with Gasteiger partial charge in [0, 0.05) is 41.0 Å². The summed E-state index contributed by atoms with van der Waals surface area (Å²) in [7, 11) is 1.56. The summed E-state index contributed by atoms with van der Waals surface area (Å²) in [4.78, 5) is 29.1. The number of aromatic nitrogens is 1. The molecule has 0 saturated carbocycles. The van der Waals surface area contributed by atoms with E-state index in [1.807, 2.05) is 13.0 Å². The molecule has 3 N–H and O–H groups in total. The smallest absolute Gasteiger partial charge is 0.313 e. The van der Waals surface area contributed by atoms with Gasteiger partial charge in [0.1, 0.15) is 5.75 Å². The Bertz CT molecular complexity index is 1640. The highest BCUT2D eigenvalue weighted by atomic mass is 35.5. The van der Waals surface area contributed by atoms with Crippen LogP contribution >= 0.6 is 11.6 Å². The number of anilines is 1. The highest BCUT2D eigenvalue weighted by molar-refractivity contribution is 6.39. The predicted molar refractivity (Wildman–Crippen MR) is 163 cm³/mol. The molecule has 0 aliphatic carbocycles. The lowest BCUT2D eigenvalue weighted by Gasteiger charge is -2.23. The minimum atomic E-state index is -0.927. The summed E-state index contributed by atoms with van der Waals surface area (Å²) in [6.07, 6.45) is 3.67. The quantitative estimate of drug-likeness (QED) is 0.207. The highest BCUT2D eigenvalue weighted by Crippen LogP contribution is 2.38. The molecular weight excluding hydrogens is 575 g/mol. The van der Waals surface area contributed by atoms with Crippen molar-refractivity contribution in [3.05, 3.63) is 82.8 Å². The van der Waals surface area contributed by atoms with Crippen molar-refractivity contribution in [2.24, 2.45) is 5.92 Å². The minimum absolute atomic E-state index is 0.0711. The van der Waals surface area contributed by atoms with Gasteiger partial charge in [0.25, 0.3) is 0 Å². The van der Waals surface area contributed by atoms with Crippen molar-refractivity contribution in [1.82, 2.24) is 15.6 Å². The largest absolute Gasteiger partial charge is 0.493 e. The Labute approximate surface area is 253 Å². The van der Waals surface area contributed by atoms with Crippen LogP contribution in [0.15, 0.2) is 60.8 Å². The molecular formula is C32H32ClFN4O5. The van der Waals surface area contributed by atoms with Crippen LogP contribution < -0.4 is 30.2 Å². The van der Waals surface area contributed by atoms with Crippen LogP contribution in [0.25, 0.3) is 10.9 Å². The van der Waals surface area contributed by atoms with Gasteiger partial charge in [0.15, 0.2) is 23.1 Å². The summed E-state index contributed by atoms with van der Waals surface area (Å²) in [5.41, 5.74) is 2.35. The first-order chi connectivity index (χ1) is 20.8. The first-order valence-corrected chi connectivity index (χ1v) is 14.3. The molecule has 9 nitrogen and oxygen atoms in total. The zero-order valence-corrected chi connectivity index (χ0v) is 24.6. The van der Waals surface area contributed by atoms with Gasteiger partial charge < -0.3 is 30.2 Å². The first-order valence-electron chi connectivity index (χ1n) is 13.9. The van der Waals surface area contributed by atoms with E-state index >= 15 is 4.39 Å². The number of piperidine rings is 1. The molecule has 1 fully saturated rings. The van der Waals surface area contributed by atoms with Crippen molar-refractivity contribution < 1.29 is 28.2 Å². The number of benzene rings is 3. The molecule has 224 valence electrons. The molecule has 1 aliphatic rings. The second kappa shape index (κ2) is 13.7. The molecule has 2 amide bonds. The van der Waals surface area contributed by atoms with Crippen molar-refractivity contribution in [3.8, 4) is 23.0 Å². The SMILES string of the molecule is COc1cc2c(Oc3ccc(NC(=O)C(=O)NCc4ccc(Cl)c(C)c4)cc3F)ccnc2cc1OCC1CCNCC1. The van der Waals surface area contributed by atoms with Gasteiger partial charge in [-0.25, -0.2) is 4.39 Å². The van der Waals surface area contributed by atoms with Crippen molar-refractivity contribution in [1.29, 1.82) is 0 Å². The van der Waals surface area contributed by atoms with E-state index in [4.69, 9.17) is 25.8 Å². The summed E-state index contributed by atoms with van der Waals surface area (Å²) < 4.78 is 32.6. The summed E-state index contributed by atoms with van der Waals surface area (Å²) in [6, 6.07) is 14.4. The molecule has 0 radical (unpaired) electrons. The second-order valence-electron chi connectivity index (χ2n) is 10.3. The van der Waals surface area contributed by atoms with Gasteiger partial charge in [-0.3, -0.25) is 14.6 Å². The van der Waals surface area contributed by atoms with E-state index in [0.29, 0.717) is 45.7 Å². The van der Waals surface area contributed by atoms with Crippen LogP contribution in [0.4, 0.5) is 10.1 Å². The standard InChI is InChI=1S/C32H32ClFN4O5/c1-19-13-21(3-5-24(19)33)17-37-31(39)32(40)38-22-4-6-28(25(34)14-22)43-27-9-12-36-26-16-30(29(41-2)15-23(26)27)42-18-20-7-10-35-11-8-20/h3-6,9,12-16,20,35H,7-8,10-11,17-18H2,1-2H3,(H,37,39)(H,38,40). The maximum absolute atomic E-state index is 15.1. The molecule has 3 aromatic carbocycles. The summed E-state index contributed by atoms with van der Waals surface area (Å²) in [6.45, 7) is 4.53. The predicted octanol–water partition coefficient (Wildman–Crippen LogP) is 5.77. The van der Waals surface area contributed by atoms with E-state index < -0.39 is 17.6 Å². The van der Waals surface area contributed by atoms with Crippen LogP contribution in [0, 0.1) is 18.7 Å². The van der Waals surface area contributed by atoms with Crippen LogP contribution in [0.2, 0.25) is 5.02 Å². The van der Waals surface area contributed by atoms with E-state index in [1.54, 1.807) is 43.6 Å². The number of carbonyl (C=O) groups excluding carboxylic acids is 2. The molecule has 1 saturated heterocycles. The number of aryl methyl sites for hydroxylation is 1. The van der Waals surface area contributed by atoms with Crippen LogP contribution in [-0.4, -0.2) is 43.6 Å². The van der Waals surface area contributed by atoms with E-state index in [9.17, 15) is 9.59 Å². The fourth-order valence-corrected chi connectivity index (χ4v) is 4.91. The average Bonchev–Trinajstić information content (AvgIpc) is 3.01. The number of pyridine rings is 1. The minimum Gasteiger partial charge on any atom is -0.493 e. The molecule has 0 spiro atoms. The molecule has 1 aliphatic heterocycles. The third kappa shape index (κ3) is 7.52. The lowest BCUT2D eigenvalue weighted by atomic mass is 9.99. The third-order valence-electron chi connectivity index (χ3n) is 7.21. The molecule has 4 aromatic rings. The van der Waals surface area contributed by atoms with E-state index in [2.05, 4.69) is 20.9 Å². The number of methoxy groups -OCH3 is 1. The molecule has 0 atom stereocenters. The number of hydrogen-bond acceptors (Lipinski definition) is 7. The highest BCUT2D eigenvalue weighted by Gasteiger charge is 2.18. The number of hydrogen-bond donors (Lipinski definition) is 3. The summed E-state index contributed by atoms with van der Waals surface area (Å²) >= 11 is 6.03. The zero-order chi connectivity index (χ0) is 30.3. The Morgan fingerprint density at radius 3 is 2.56 bits per heavy atom. The summed E-state index contributed by atoms with van der Waals surface area (Å²) in [5, 5.41) is 9.51. The normalized spacial score (nSPS) is 13.4.